The highest BCUT2D eigenvalue weighted by Gasteiger charge is 2.25. The number of nitrogens with two attached hydrogens (primary N) is 1. The number of rotatable bonds is 5. The Bertz CT molecular complexity index is 319. The first-order valence-electron chi connectivity index (χ1n) is 5.66. The minimum atomic E-state index is -0.388. The summed E-state index contributed by atoms with van der Waals surface area (Å²) in [5, 5.41) is 0. The van der Waals surface area contributed by atoms with Gasteiger partial charge in [0.1, 0.15) is 0 Å². The van der Waals surface area contributed by atoms with Crippen LogP contribution in [0.2, 0.25) is 0 Å². The van der Waals surface area contributed by atoms with Crippen LogP contribution in [0.4, 0.5) is 5.69 Å². The Balaban J connectivity index is 2.87. The molecule has 2 N–H and O–H groups in total. The van der Waals surface area contributed by atoms with Gasteiger partial charge >= 0.3 is 7.12 Å². The van der Waals surface area contributed by atoms with Crippen LogP contribution in [-0.2, 0) is 9.31 Å². The zero-order chi connectivity index (χ0) is 12.1. The topological polar surface area (TPSA) is 44.5 Å². The van der Waals surface area contributed by atoms with Crippen LogP contribution in [0.25, 0.3) is 0 Å². The van der Waals surface area contributed by atoms with E-state index in [1.165, 1.54) is 0 Å². The SMILES string of the molecule is CC(C)OB(OC(C)C)c1ccccc1N. The third kappa shape index (κ3) is 3.87. The van der Waals surface area contributed by atoms with Crippen LogP contribution < -0.4 is 11.2 Å². The minimum absolute atomic E-state index is 0.100. The van der Waals surface area contributed by atoms with Crippen molar-refractivity contribution in [2.75, 3.05) is 5.73 Å². The van der Waals surface area contributed by atoms with E-state index in [1.54, 1.807) is 0 Å². The van der Waals surface area contributed by atoms with Crippen LogP contribution in [0.5, 0.6) is 0 Å². The van der Waals surface area contributed by atoms with Gasteiger partial charge in [-0.1, -0.05) is 18.2 Å². The second kappa shape index (κ2) is 5.92. The van der Waals surface area contributed by atoms with Crippen LogP contribution >= 0.6 is 0 Å². The van der Waals surface area contributed by atoms with E-state index >= 15 is 0 Å². The Morgan fingerprint density at radius 1 is 1.00 bits per heavy atom. The summed E-state index contributed by atoms with van der Waals surface area (Å²) < 4.78 is 11.5. The fourth-order valence-electron chi connectivity index (χ4n) is 1.40. The molecular formula is C12H20BNO2. The summed E-state index contributed by atoms with van der Waals surface area (Å²) in [4.78, 5) is 0. The standard InChI is InChI=1S/C12H20BNO2/c1-9(2)15-13(16-10(3)4)11-7-5-6-8-12(11)14/h5-10H,14H2,1-4H3. The van der Waals surface area contributed by atoms with Crippen molar-refractivity contribution in [1.82, 2.24) is 0 Å². The lowest BCUT2D eigenvalue weighted by atomic mass is 9.77. The van der Waals surface area contributed by atoms with Crippen molar-refractivity contribution >= 4 is 18.3 Å². The monoisotopic (exact) mass is 221 g/mol. The van der Waals surface area contributed by atoms with E-state index in [0.717, 1.165) is 5.46 Å². The summed E-state index contributed by atoms with van der Waals surface area (Å²) in [6.07, 6.45) is 0.201. The molecule has 0 saturated heterocycles. The molecule has 0 saturated carbocycles. The zero-order valence-electron chi connectivity index (χ0n) is 10.4. The smallest absolute Gasteiger partial charge is 0.405 e. The van der Waals surface area contributed by atoms with Gasteiger partial charge in [0.05, 0.1) is 0 Å². The number of para-hydroxylation sites is 1. The van der Waals surface area contributed by atoms with Gasteiger partial charge in [0.15, 0.2) is 0 Å². The molecule has 3 nitrogen and oxygen atoms in total. The molecule has 0 fully saturated rings. The van der Waals surface area contributed by atoms with E-state index in [0.29, 0.717) is 5.69 Å². The first kappa shape index (κ1) is 13.1. The van der Waals surface area contributed by atoms with E-state index < -0.39 is 0 Å². The van der Waals surface area contributed by atoms with Gasteiger partial charge in [0.25, 0.3) is 0 Å². The number of nitrogen functional groups attached to an aromatic ring is 1. The Morgan fingerprint density at radius 2 is 1.50 bits per heavy atom. The molecule has 0 heterocycles. The molecule has 88 valence electrons. The maximum Gasteiger partial charge on any atom is 0.496 e. The summed E-state index contributed by atoms with van der Waals surface area (Å²) in [5.41, 5.74) is 7.51. The second-order valence-corrected chi connectivity index (χ2v) is 4.33. The molecule has 0 atom stereocenters. The summed E-state index contributed by atoms with van der Waals surface area (Å²) in [5.74, 6) is 0. The second-order valence-electron chi connectivity index (χ2n) is 4.33. The van der Waals surface area contributed by atoms with Crippen LogP contribution in [0.1, 0.15) is 27.7 Å². The lowest BCUT2D eigenvalue weighted by molar-refractivity contribution is 0.139. The first-order chi connectivity index (χ1) is 7.50. The Kier molecular flexibility index (Phi) is 4.84. The lowest BCUT2D eigenvalue weighted by Crippen LogP contribution is -2.42. The highest BCUT2D eigenvalue weighted by atomic mass is 16.6. The van der Waals surface area contributed by atoms with Crippen LogP contribution in [0, 0.1) is 0 Å². The summed E-state index contributed by atoms with van der Waals surface area (Å²) in [7, 11) is -0.388. The number of hydrogen-bond acceptors (Lipinski definition) is 3. The highest BCUT2D eigenvalue weighted by Crippen LogP contribution is 2.06. The zero-order valence-corrected chi connectivity index (χ0v) is 10.4. The molecule has 0 spiro atoms. The first-order valence-corrected chi connectivity index (χ1v) is 5.66. The van der Waals surface area contributed by atoms with Crippen molar-refractivity contribution in [3.63, 3.8) is 0 Å². The Hall–Kier alpha value is -0.995. The van der Waals surface area contributed by atoms with E-state index in [4.69, 9.17) is 15.0 Å². The van der Waals surface area contributed by atoms with Crippen molar-refractivity contribution in [3.05, 3.63) is 24.3 Å². The average molecular weight is 221 g/mol. The van der Waals surface area contributed by atoms with E-state index in [2.05, 4.69) is 0 Å². The Morgan fingerprint density at radius 3 is 1.94 bits per heavy atom. The molecule has 0 aliphatic rings. The summed E-state index contributed by atoms with van der Waals surface area (Å²) >= 11 is 0. The molecule has 1 rings (SSSR count). The largest absolute Gasteiger partial charge is 0.496 e. The van der Waals surface area contributed by atoms with Crippen molar-refractivity contribution < 1.29 is 9.31 Å². The van der Waals surface area contributed by atoms with Gasteiger partial charge in [-0.25, -0.2) is 0 Å². The molecule has 0 amide bonds. The molecule has 0 aromatic heterocycles. The molecule has 4 heteroatoms. The van der Waals surface area contributed by atoms with Gasteiger partial charge < -0.3 is 15.0 Å². The fraction of sp³-hybridized carbons (Fsp3) is 0.500. The number of benzene rings is 1. The predicted molar refractivity (Wildman–Crippen MR) is 68.7 cm³/mol. The van der Waals surface area contributed by atoms with Crippen molar-refractivity contribution in [1.29, 1.82) is 0 Å². The normalized spacial score (nSPS) is 11.1. The van der Waals surface area contributed by atoms with Crippen LogP contribution in [0.15, 0.2) is 24.3 Å². The maximum atomic E-state index is 5.91. The number of anilines is 1. The summed E-state index contributed by atoms with van der Waals surface area (Å²) in [6, 6.07) is 7.63. The number of hydrogen-bond donors (Lipinski definition) is 1. The molecule has 0 aliphatic carbocycles. The van der Waals surface area contributed by atoms with Gasteiger partial charge in [0.2, 0.25) is 0 Å². The third-order valence-corrected chi connectivity index (χ3v) is 2.04. The van der Waals surface area contributed by atoms with Gasteiger partial charge in [-0.15, -0.1) is 0 Å². The molecule has 0 radical (unpaired) electrons. The average Bonchev–Trinajstić information content (AvgIpc) is 2.15. The summed E-state index contributed by atoms with van der Waals surface area (Å²) in [6.45, 7) is 7.93. The van der Waals surface area contributed by atoms with E-state index in [-0.39, 0.29) is 19.3 Å². The Labute approximate surface area is 98.1 Å². The molecule has 0 bridgehead atoms. The van der Waals surface area contributed by atoms with E-state index in [1.807, 2.05) is 52.0 Å². The molecule has 16 heavy (non-hydrogen) atoms. The predicted octanol–water partition coefficient (Wildman–Crippen LogP) is 1.81. The molecule has 0 aliphatic heterocycles. The van der Waals surface area contributed by atoms with Gasteiger partial charge in [-0.3, -0.25) is 0 Å². The maximum absolute atomic E-state index is 5.91. The van der Waals surface area contributed by atoms with Crippen LogP contribution in [0.3, 0.4) is 0 Å². The van der Waals surface area contributed by atoms with E-state index in [9.17, 15) is 0 Å². The molecule has 1 aromatic rings. The molecule has 0 unspecified atom stereocenters. The van der Waals surface area contributed by atoms with Crippen molar-refractivity contribution in [3.8, 4) is 0 Å². The minimum Gasteiger partial charge on any atom is -0.405 e. The van der Waals surface area contributed by atoms with Crippen LogP contribution in [-0.4, -0.2) is 19.3 Å². The fourth-order valence-corrected chi connectivity index (χ4v) is 1.40. The van der Waals surface area contributed by atoms with Crippen molar-refractivity contribution in [2.45, 2.75) is 39.9 Å². The molecule has 1 aromatic carbocycles. The third-order valence-electron chi connectivity index (χ3n) is 2.04. The van der Waals surface area contributed by atoms with Gasteiger partial charge in [-0.05, 0) is 33.8 Å². The van der Waals surface area contributed by atoms with Crippen molar-refractivity contribution in [2.24, 2.45) is 0 Å². The quantitative estimate of drug-likeness (QED) is 0.609. The highest BCUT2D eigenvalue weighted by molar-refractivity contribution is 6.63. The van der Waals surface area contributed by atoms with Gasteiger partial charge in [0, 0.05) is 23.4 Å². The van der Waals surface area contributed by atoms with Gasteiger partial charge in [-0.2, -0.15) is 0 Å². The molecular weight excluding hydrogens is 201 g/mol. The lowest BCUT2D eigenvalue weighted by Gasteiger charge is -2.20.